The highest BCUT2D eigenvalue weighted by Gasteiger charge is 2.08. The average molecular weight is 245 g/mol. The Balaban J connectivity index is 2.22. The fourth-order valence-electron chi connectivity index (χ4n) is 1.48. The molecule has 1 heterocycles. The number of anilines is 1. The fraction of sp³-hybridized carbons (Fsp3) is 0.167. The summed E-state index contributed by atoms with van der Waals surface area (Å²) in [6.07, 6.45) is 0. The first-order valence-electron chi connectivity index (χ1n) is 5.03. The van der Waals surface area contributed by atoms with Crippen LogP contribution in [0.5, 0.6) is 5.75 Å². The van der Waals surface area contributed by atoms with Gasteiger partial charge in [0.15, 0.2) is 0 Å². The molecule has 2 rings (SSSR count). The second-order valence-electron chi connectivity index (χ2n) is 3.33. The molecule has 0 radical (unpaired) electrons. The van der Waals surface area contributed by atoms with E-state index in [1.807, 2.05) is 11.4 Å². The van der Waals surface area contributed by atoms with Crippen molar-refractivity contribution in [1.29, 1.82) is 5.26 Å². The van der Waals surface area contributed by atoms with Crippen molar-refractivity contribution in [1.82, 2.24) is 4.98 Å². The number of aromatic nitrogens is 1. The van der Waals surface area contributed by atoms with E-state index < -0.39 is 0 Å². The number of thiazole rings is 1. The number of nitrogens with one attached hydrogen (secondary N) is 1. The highest BCUT2D eigenvalue weighted by Crippen LogP contribution is 2.28. The minimum absolute atomic E-state index is 0.569. The number of ether oxygens (including phenoxy) is 1. The van der Waals surface area contributed by atoms with Crippen molar-refractivity contribution in [3.05, 3.63) is 40.3 Å². The normalized spacial score (nSPS) is 9.65. The number of rotatable bonds is 4. The molecule has 0 atom stereocenters. The minimum atomic E-state index is 0.569. The van der Waals surface area contributed by atoms with Gasteiger partial charge in [-0.2, -0.15) is 5.26 Å². The highest BCUT2D eigenvalue weighted by atomic mass is 32.1. The van der Waals surface area contributed by atoms with E-state index in [1.54, 1.807) is 36.1 Å². The molecule has 0 spiro atoms. The summed E-state index contributed by atoms with van der Waals surface area (Å²) >= 11 is 1.55. The van der Waals surface area contributed by atoms with Crippen molar-refractivity contribution in [2.75, 3.05) is 12.4 Å². The van der Waals surface area contributed by atoms with E-state index in [1.165, 1.54) is 0 Å². The maximum atomic E-state index is 9.04. The van der Waals surface area contributed by atoms with Crippen LogP contribution in [0.2, 0.25) is 0 Å². The monoisotopic (exact) mass is 245 g/mol. The average Bonchev–Trinajstić information content (AvgIpc) is 2.88. The van der Waals surface area contributed by atoms with Gasteiger partial charge in [-0.05, 0) is 12.1 Å². The first-order valence-corrected chi connectivity index (χ1v) is 5.97. The molecule has 1 aromatic heterocycles. The maximum Gasteiger partial charge on any atom is 0.143 e. The lowest BCUT2D eigenvalue weighted by atomic mass is 10.1. The largest absolute Gasteiger partial charge is 0.495 e. The molecule has 4 nitrogen and oxygen atoms in total. The SMILES string of the molecule is COc1cccc(C#N)c1NCc1cscn1. The van der Waals surface area contributed by atoms with Crippen molar-refractivity contribution in [2.45, 2.75) is 6.54 Å². The molecule has 0 saturated heterocycles. The van der Waals surface area contributed by atoms with Crippen LogP contribution in [0.1, 0.15) is 11.3 Å². The van der Waals surface area contributed by atoms with E-state index in [9.17, 15) is 0 Å². The van der Waals surface area contributed by atoms with Gasteiger partial charge < -0.3 is 10.1 Å². The lowest BCUT2D eigenvalue weighted by Gasteiger charge is -2.11. The summed E-state index contributed by atoms with van der Waals surface area (Å²) in [4.78, 5) is 4.17. The van der Waals surface area contributed by atoms with Crippen molar-refractivity contribution in [2.24, 2.45) is 0 Å². The summed E-state index contributed by atoms with van der Waals surface area (Å²) < 4.78 is 5.23. The Bertz CT molecular complexity index is 531. The third kappa shape index (κ3) is 2.55. The van der Waals surface area contributed by atoms with Gasteiger partial charge in [-0.1, -0.05) is 6.07 Å². The van der Waals surface area contributed by atoms with Gasteiger partial charge in [0.2, 0.25) is 0 Å². The topological polar surface area (TPSA) is 57.9 Å². The lowest BCUT2D eigenvalue weighted by Crippen LogP contribution is -2.03. The summed E-state index contributed by atoms with van der Waals surface area (Å²) in [7, 11) is 1.59. The zero-order valence-electron chi connectivity index (χ0n) is 9.30. The van der Waals surface area contributed by atoms with Crippen molar-refractivity contribution in [3.8, 4) is 11.8 Å². The molecule has 2 aromatic rings. The van der Waals surface area contributed by atoms with Crippen LogP contribution in [0.4, 0.5) is 5.69 Å². The van der Waals surface area contributed by atoms with E-state index in [-0.39, 0.29) is 0 Å². The van der Waals surface area contributed by atoms with E-state index in [2.05, 4.69) is 16.4 Å². The number of nitrogens with zero attached hydrogens (tertiary/aromatic N) is 2. The smallest absolute Gasteiger partial charge is 0.143 e. The first kappa shape index (κ1) is 11.4. The van der Waals surface area contributed by atoms with E-state index in [0.29, 0.717) is 23.5 Å². The molecule has 1 aromatic carbocycles. The fourth-order valence-corrected chi connectivity index (χ4v) is 2.04. The summed E-state index contributed by atoms with van der Waals surface area (Å²) in [6.45, 7) is 0.582. The van der Waals surface area contributed by atoms with Gasteiger partial charge >= 0.3 is 0 Å². The molecule has 0 aliphatic heterocycles. The second-order valence-corrected chi connectivity index (χ2v) is 4.05. The van der Waals surface area contributed by atoms with E-state index in [0.717, 1.165) is 5.69 Å². The molecular formula is C12H11N3OS. The standard InChI is InChI=1S/C12H11N3OS/c1-16-11-4-2-3-9(5-13)12(11)14-6-10-7-17-8-15-10/h2-4,7-8,14H,6H2,1H3. The molecule has 0 aliphatic carbocycles. The number of hydrogen-bond acceptors (Lipinski definition) is 5. The predicted octanol–water partition coefficient (Wildman–Crippen LogP) is 2.64. The van der Waals surface area contributed by atoms with Crippen molar-refractivity contribution >= 4 is 17.0 Å². The number of nitriles is 1. The quantitative estimate of drug-likeness (QED) is 0.899. The van der Waals surface area contributed by atoms with Crippen LogP contribution in [0.15, 0.2) is 29.1 Å². The number of hydrogen-bond donors (Lipinski definition) is 1. The zero-order chi connectivity index (χ0) is 12.1. The summed E-state index contributed by atoms with van der Waals surface area (Å²) in [6, 6.07) is 7.52. The van der Waals surface area contributed by atoms with Crippen LogP contribution in [-0.2, 0) is 6.54 Å². The summed E-state index contributed by atoms with van der Waals surface area (Å²) in [5.74, 6) is 0.666. The third-order valence-electron chi connectivity index (χ3n) is 2.30. The van der Waals surface area contributed by atoms with Crippen LogP contribution in [0, 0.1) is 11.3 Å². The van der Waals surface area contributed by atoms with Gasteiger partial charge in [0, 0.05) is 5.38 Å². The van der Waals surface area contributed by atoms with Crippen LogP contribution >= 0.6 is 11.3 Å². The molecule has 1 N–H and O–H groups in total. The molecule has 5 heteroatoms. The van der Waals surface area contributed by atoms with E-state index in [4.69, 9.17) is 10.00 Å². The Labute approximate surface area is 103 Å². The molecule has 0 amide bonds. The molecular weight excluding hydrogens is 234 g/mol. The predicted molar refractivity (Wildman–Crippen MR) is 67.1 cm³/mol. The highest BCUT2D eigenvalue weighted by molar-refractivity contribution is 7.07. The zero-order valence-corrected chi connectivity index (χ0v) is 10.1. The van der Waals surface area contributed by atoms with Crippen LogP contribution < -0.4 is 10.1 Å². The minimum Gasteiger partial charge on any atom is -0.495 e. The van der Waals surface area contributed by atoms with Gasteiger partial charge in [-0.3, -0.25) is 0 Å². The summed E-state index contributed by atoms with van der Waals surface area (Å²) in [5, 5.41) is 14.2. The van der Waals surface area contributed by atoms with Crippen LogP contribution in [-0.4, -0.2) is 12.1 Å². The Morgan fingerprint density at radius 1 is 1.53 bits per heavy atom. The first-order chi connectivity index (χ1) is 8.35. The van der Waals surface area contributed by atoms with Gasteiger partial charge in [0.1, 0.15) is 11.8 Å². The Kier molecular flexibility index (Phi) is 3.58. The van der Waals surface area contributed by atoms with Gasteiger partial charge in [-0.25, -0.2) is 4.98 Å². The molecule has 0 fully saturated rings. The van der Waals surface area contributed by atoms with Crippen LogP contribution in [0.25, 0.3) is 0 Å². The third-order valence-corrected chi connectivity index (χ3v) is 2.93. The maximum absolute atomic E-state index is 9.04. The molecule has 0 saturated carbocycles. The molecule has 0 unspecified atom stereocenters. The lowest BCUT2D eigenvalue weighted by molar-refractivity contribution is 0.416. The van der Waals surface area contributed by atoms with E-state index >= 15 is 0 Å². The molecule has 0 aliphatic rings. The van der Waals surface area contributed by atoms with Crippen molar-refractivity contribution in [3.63, 3.8) is 0 Å². The number of benzene rings is 1. The van der Waals surface area contributed by atoms with Gasteiger partial charge in [0.05, 0.1) is 36.1 Å². The number of methoxy groups -OCH3 is 1. The van der Waals surface area contributed by atoms with Gasteiger partial charge in [0.25, 0.3) is 0 Å². The van der Waals surface area contributed by atoms with Crippen LogP contribution in [0.3, 0.4) is 0 Å². The van der Waals surface area contributed by atoms with Crippen molar-refractivity contribution < 1.29 is 4.74 Å². The number of para-hydroxylation sites is 1. The second kappa shape index (κ2) is 5.32. The molecule has 86 valence electrons. The molecule has 0 bridgehead atoms. The summed E-state index contributed by atoms with van der Waals surface area (Å²) in [5.41, 5.74) is 4.01. The Morgan fingerprint density at radius 2 is 2.41 bits per heavy atom. The Morgan fingerprint density at radius 3 is 3.06 bits per heavy atom. The molecule has 17 heavy (non-hydrogen) atoms. The Hall–Kier alpha value is -2.06. The van der Waals surface area contributed by atoms with Gasteiger partial charge in [-0.15, -0.1) is 11.3 Å².